The summed E-state index contributed by atoms with van der Waals surface area (Å²) in [6.07, 6.45) is 1.53. The number of anilines is 1. The largest absolute Gasteiger partial charge is 0.381 e. The molecule has 5 heteroatoms. The zero-order valence-electron chi connectivity index (χ0n) is 10.7. The third-order valence-electron chi connectivity index (χ3n) is 2.28. The van der Waals surface area contributed by atoms with Gasteiger partial charge in [-0.05, 0) is 20.3 Å². The van der Waals surface area contributed by atoms with Crippen LogP contribution >= 0.6 is 0 Å². The first-order valence-corrected chi connectivity index (χ1v) is 6.03. The van der Waals surface area contributed by atoms with Crippen LogP contribution in [-0.4, -0.2) is 29.7 Å². The smallest absolute Gasteiger partial charge is 0.186 e. The van der Waals surface area contributed by atoms with E-state index < -0.39 is 0 Å². The van der Waals surface area contributed by atoms with Gasteiger partial charge in [-0.15, -0.1) is 0 Å². The highest BCUT2D eigenvalue weighted by Crippen LogP contribution is 2.14. The lowest BCUT2D eigenvalue weighted by Gasteiger charge is -2.09. The van der Waals surface area contributed by atoms with E-state index >= 15 is 0 Å². The van der Waals surface area contributed by atoms with E-state index in [2.05, 4.69) is 15.3 Å². The van der Waals surface area contributed by atoms with Crippen molar-refractivity contribution in [3.05, 3.63) is 17.3 Å². The summed E-state index contributed by atoms with van der Waals surface area (Å²) >= 11 is 0. The van der Waals surface area contributed by atoms with Crippen molar-refractivity contribution in [2.45, 2.75) is 33.6 Å². The summed E-state index contributed by atoms with van der Waals surface area (Å²) in [4.78, 5) is 8.27. The molecule has 1 aromatic rings. The van der Waals surface area contributed by atoms with Crippen molar-refractivity contribution in [3.63, 3.8) is 0 Å². The quantitative estimate of drug-likeness (QED) is 0.744. The number of rotatable bonds is 7. The highest BCUT2D eigenvalue weighted by molar-refractivity contribution is 5.38. The number of nitrogens with one attached hydrogen (secondary N) is 1. The van der Waals surface area contributed by atoms with E-state index in [-0.39, 0.29) is 5.82 Å². The minimum absolute atomic E-state index is 0.297. The van der Waals surface area contributed by atoms with Crippen LogP contribution in [0, 0.1) is 12.7 Å². The van der Waals surface area contributed by atoms with Crippen molar-refractivity contribution in [1.29, 1.82) is 0 Å². The summed E-state index contributed by atoms with van der Waals surface area (Å²) in [5.74, 6) is 0.556. The number of halogens is 1. The molecule has 17 heavy (non-hydrogen) atoms. The van der Waals surface area contributed by atoms with Crippen LogP contribution in [-0.2, 0) is 11.2 Å². The molecule has 0 amide bonds. The molecule has 0 fully saturated rings. The number of hydrogen-bond donors (Lipinski definition) is 1. The topological polar surface area (TPSA) is 47.0 Å². The Labute approximate surface area is 102 Å². The summed E-state index contributed by atoms with van der Waals surface area (Å²) in [6.45, 7) is 7.55. The molecule has 0 aliphatic rings. The van der Waals surface area contributed by atoms with Gasteiger partial charge in [0.2, 0.25) is 0 Å². The molecule has 0 atom stereocenters. The van der Waals surface area contributed by atoms with E-state index in [1.807, 2.05) is 13.8 Å². The van der Waals surface area contributed by atoms with Crippen LogP contribution in [0.5, 0.6) is 0 Å². The fourth-order valence-electron chi connectivity index (χ4n) is 1.40. The maximum absolute atomic E-state index is 13.7. The van der Waals surface area contributed by atoms with Gasteiger partial charge in [-0.25, -0.2) is 14.4 Å². The van der Waals surface area contributed by atoms with Crippen molar-refractivity contribution in [1.82, 2.24) is 9.97 Å². The molecule has 0 bridgehead atoms. The molecular weight excluding hydrogens is 221 g/mol. The van der Waals surface area contributed by atoms with Crippen LogP contribution in [0.1, 0.15) is 31.8 Å². The van der Waals surface area contributed by atoms with E-state index in [4.69, 9.17) is 4.74 Å². The van der Waals surface area contributed by atoms with Gasteiger partial charge in [-0.3, -0.25) is 0 Å². The first kappa shape index (κ1) is 13.8. The van der Waals surface area contributed by atoms with Crippen LogP contribution in [0.25, 0.3) is 0 Å². The average Bonchev–Trinajstić information content (AvgIpc) is 2.32. The van der Waals surface area contributed by atoms with Crippen molar-refractivity contribution in [2.24, 2.45) is 0 Å². The van der Waals surface area contributed by atoms with E-state index in [1.165, 1.54) is 0 Å². The lowest BCUT2D eigenvalue weighted by atomic mass is 10.3. The minimum atomic E-state index is -0.362. The van der Waals surface area contributed by atoms with Gasteiger partial charge >= 0.3 is 0 Å². The molecule has 0 spiro atoms. The third kappa shape index (κ3) is 4.26. The summed E-state index contributed by atoms with van der Waals surface area (Å²) in [5.41, 5.74) is 0.380. The van der Waals surface area contributed by atoms with Crippen molar-refractivity contribution >= 4 is 5.82 Å². The minimum Gasteiger partial charge on any atom is -0.381 e. The summed E-state index contributed by atoms with van der Waals surface area (Å²) in [7, 11) is 0. The molecule has 0 unspecified atom stereocenters. The highest BCUT2D eigenvalue weighted by Gasteiger charge is 2.10. The molecule has 0 aliphatic heterocycles. The molecular formula is C12H20FN3O. The lowest BCUT2D eigenvalue weighted by Crippen LogP contribution is -2.11. The number of nitrogens with zero attached hydrogens (tertiary/aromatic N) is 2. The first-order valence-electron chi connectivity index (χ1n) is 6.03. The van der Waals surface area contributed by atoms with E-state index in [0.717, 1.165) is 6.42 Å². The van der Waals surface area contributed by atoms with Gasteiger partial charge in [0.1, 0.15) is 5.82 Å². The monoisotopic (exact) mass is 241 g/mol. The molecule has 1 N–H and O–H groups in total. The van der Waals surface area contributed by atoms with Crippen molar-refractivity contribution < 1.29 is 9.13 Å². The van der Waals surface area contributed by atoms with Crippen molar-refractivity contribution in [2.75, 3.05) is 25.1 Å². The third-order valence-corrected chi connectivity index (χ3v) is 2.28. The fraction of sp³-hybridized carbons (Fsp3) is 0.667. The SMILES string of the molecule is CCCNc1nc(CCOCC)nc(C)c1F. The second-order valence-electron chi connectivity index (χ2n) is 3.76. The maximum Gasteiger partial charge on any atom is 0.186 e. The predicted molar refractivity (Wildman–Crippen MR) is 65.7 cm³/mol. The molecule has 4 nitrogen and oxygen atoms in total. The predicted octanol–water partition coefficient (Wildman–Crippen LogP) is 2.33. The Kier molecular flexibility index (Phi) is 5.83. The zero-order chi connectivity index (χ0) is 12.7. The Morgan fingerprint density at radius 3 is 2.71 bits per heavy atom. The highest BCUT2D eigenvalue weighted by atomic mass is 19.1. The molecule has 0 saturated carbocycles. The molecule has 1 aromatic heterocycles. The average molecular weight is 241 g/mol. The fourth-order valence-corrected chi connectivity index (χ4v) is 1.40. The van der Waals surface area contributed by atoms with E-state index in [1.54, 1.807) is 6.92 Å². The normalized spacial score (nSPS) is 10.6. The van der Waals surface area contributed by atoms with Crippen LogP contribution in [0.4, 0.5) is 10.2 Å². The lowest BCUT2D eigenvalue weighted by molar-refractivity contribution is 0.149. The summed E-state index contributed by atoms with van der Waals surface area (Å²) in [6, 6.07) is 0. The second kappa shape index (κ2) is 7.17. The Morgan fingerprint density at radius 1 is 1.29 bits per heavy atom. The van der Waals surface area contributed by atoms with Gasteiger partial charge in [-0.1, -0.05) is 6.92 Å². The number of aromatic nitrogens is 2. The van der Waals surface area contributed by atoms with E-state index in [9.17, 15) is 4.39 Å². The Hall–Kier alpha value is -1.23. The Morgan fingerprint density at radius 2 is 2.06 bits per heavy atom. The number of ether oxygens (including phenoxy) is 1. The molecule has 1 rings (SSSR count). The molecule has 0 aromatic carbocycles. The molecule has 0 radical (unpaired) electrons. The van der Waals surface area contributed by atoms with Crippen molar-refractivity contribution in [3.8, 4) is 0 Å². The van der Waals surface area contributed by atoms with Gasteiger partial charge in [0.15, 0.2) is 11.6 Å². The molecule has 0 saturated heterocycles. The van der Waals surface area contributed by atoms with E-state index in [0.29, 0.717) is 43.5 Å². The standard InChI is InChI=1S/C12H20FN3O/c1-4-7-14-12-11(13)9(3)15-10(16-12)6-8-17-5-2/h4-8H2,1-3H3,(H,14,15,16). The van der Waals surface area contributed by atoms with Gasteiger partial charge in [-0.2, -0.15) is 0 Å². The number of hydrogen-bond acceptors (Lipinski definition) is 4. The van der Waals surface area contributed by atoms with Gasteiger partial charge in [0.25, 0.3) is 0 Å². The summed E-state index contributed by atoms with van der Waals surface area (Å²) < 4.78 is 18.9. The number of aryl methyl sites for hydroxylation is 1. The molecule has 96 valence electrons. The van der Waals surface area contributed by atoms with Gasteiger partial charge in [0.05, 0.1) is 12.3 Å². The van der Waals surface area contributed by atoms with Crippen LogP contribution in [0.15, 0.2) is 0 Å². The van der Waals surface area contributed by atoms with Crippen LogP contribution in [0.2, 0.25) is 0 Å². The van der Waals surface area contributed by atoms with Crippen LogP contribution in [0.3, 0.4) is 0 Å². The van der Waals surface area contributed by atoms with Gasteiger partial charge < -0.3 is 10.1 Å². The summed E-state index contributed by atoms with van der Waals surface area (Å²) in [5, 5.41) is 2.97. The second-order valence-corrected chi connectivity index (χ2v) is 3.76. The molecule has 0 aliphatic carbocycles. The first-order chi connectivity index (χ1) is 8.19. The maximum atomic E-state index is 13.7. The molecule has 1 heterocycles. The Bertz CT molecular complexity index is 358. The zero-order valence-corrected chi connectivity index (χ0v) is 10.7. The Balaban J connectivity index is 2.74. The van der Waals surface area contributed by atoms with Gasteiger partial charge in [0, 0.05) is 19.6 Å². The van der Waals surface area contributed by atoms with Crippen LogP contribution < -0.4 is 5.32 Å².